The number of hydrogen-bond acceptors (Lipinski definition) is 1. The van der Waals surface area contributed by atoms with Gasteiger partial charge >= 0.3 is 0 Å². The Labute approximate surface area is 128 Å². The topological polar surface area (TPSA) is 20.3 Å². The molecule has 4 aliphatic rings. The summed E-state index contributed by atoms with van der Waals surface area (Å²) in [4.78, 5) is 14.5. The maximum Gasteiger partial charge on any atom is 0.229 e. The lowest BCUT2D eigenvalue weighted by atomic mass is 9.49. The molecule has 0 aliphatic heterocycles. The van der Waals surface area contributed by atoms with Crippen LogP contribution in [0, 0.1) is 28.6 Å². The van der Waals surface area contributed by atoms with Gasteiger partial charge in [-0.1, -0.05) is 0 Å². The van der Waals surface area contributed by atoms with Crippen molar-refractivity contribution >= 4 is 17.5 Å². The van der Waals surface area contributed by atoms with Crippen LogP contribution in [0.1, 0.15) is 52.4 Å². The highest BCUT2D eigenvalue weighted by atomic mass is 35.5. The molecule has 1 amide bonds. The Bertz CT molecular complexity index is 369. The molecule has 0 spiro atoms. The Morgan fingerprint density at radius 1 is 1.15 bits per heavy atom. The Hall–Kier alpha value is -0.240. The van der Waals surface area contributed by atoms with Gasteiger partial charge in [0, 0.05) is 19.5 Å². The molecule has 0 atom stereocenters. The molecule has 4 rings (SSSR count). The monoisotopic (exact) mass is 297 g/mol. The molecule has 4 fully saturated rings. The van der Waals surface area contributed by atoms with Gasteiger partial charge in [-0.2, -0.15) is 0 Å². The van der Waals surface area contributed by atoms with Gasteiger partial charge < -0.3 is 4.90 Å². The van der Waals surface area contributed by atoms with Crippen LogP contribution in [-0.4, -0.2) is 30.3 Å². The van der Waals surface area contributed by atoms with Crippen molar-refractivity contribution in [2.24, 2.45) is 28.6 Å². The third-order valence-electron chi connectivity index (χ3n) is 6.00. The highest BCUT2D eigenvalue weighted by Crippen LogP contribution is 2.60. The van der Waals surface area contributed by atoms with Gasteiger partial charge in [-0.3, -0.25) is 4.79 Å². The number of halogens is 1. The number of nitrogens with zero attached hydrogens (tertiary/aromatic N) is 1. The van der Waals surface area contributed by atoms with Crippen molar-refractivity contribution in [3.8, 4) is 0 Å². The molecule has 114 valence electrons. The molecule has 0 aromatic carbocycles. The zero-order valence-corrected chi connectivity index (χ0v) is 13.9. The number of amides is 1. The van der Waals surface area contributed by atoms with Crippen LogP contribution in [0.4, 0.5) is 0 Å². The molecule has 3 heteroatoms. The van der Waals surface area contributed by atoms with Crippen molar-refractivity contribution in [1.82, 2.24) is 4.90 Å². The molecule has 0 unspecified atom stereocenters. The lowest BCUT2D eigenvalue weighted by Crippen LogP contribution is -2.53. The normalized spacial score (nSPS) is 39.1. The third-order valence-corrected chi connectivity index (χ3v) is 6.67. The van der Waals surface area contributed by atoms with E-state index in [0.29, 0.717) is 11.3 Å². The predicted octanol–water partition coefficient (Wildman–Crippen LogP) is 3.93. The summed E-state index contributed by atoms with van der Waals surface area (Å²) in [5, 5.41) is 0. The van der Waals surface area contributed by atoms with Gasteiger partial charge in [0.05, 0.1) is 5.41 Å². The fourth-order valence-electron chi connectivity index (χ4n) is 5.63. The van der Waals surface area contributed by atoms with Crippen molar-refractivity contribution in [3.63, 3.8) is 0 Å². The Balaban J connectivity index is 1.70. The molecular weight excluding hydrogens is 270 g/mol. The lowest BCUT2D eigenvalue weighted by Gasteiger charge is -2.57. The van der Waals surface area contributed by atoms with Crippen molar-refractivity contribution < 1.29 is 4.79 Å². The molecule has 0 radical (unpaired) electrons. The number of carbonyl (C=O) groups is 1. The minimum atomic E-state index is -0.432. The average Bonchev–Trinajstić information content (AvgIpc) is 2.35. The SMILES string of the molecule is CN(CC12CC3CC(CC(C3)C1)C2)C(=O)C(C)(C)CCl. The highest BCUT2D eigenvalue weighted by molar-refractivity contribution is 6.19. The molecular formula is C17H28ClNO. The van der Waals surface area contributed by atoms with Crippen LogP contribution in [0.2, 0.25) is 0 Å². The summed E-state index contributed by atoms with van der Waals surface area (Å²) < 4.78 is 0. The maximum atomic E-state index is 12.6. The first kappa shape index (κ1) is 14.7. The molecule has 2 nitrogen and oxygen atoms in total. The molecule has 4 bridgehead atoms. The molecule has 0 aromatic heterocycles. The molecule has 20 heavy (non-hydrogen) atoms. The largest absolute Gasteiger partial charge is 0.345 e. The van der Waals surface area contributed by atoms with E-state index in [2.05, 4.69) is 0 Å². The molecule has 0 heterocycles. The smallest absolute Gasteiger partial charge is 0.229 e. The van der Waals surface area contributed by atoms with Crippen LogP contribution in [0.15, 0.2) is 0 Å². The molecule has 0 saturated heterocycles. The summed E-state index contributed by atoms with van der Waals surface area (Å²) in [6, 6.07) is 0. The van der Waals surface area contributed by atoms with Gasteiger partial charge in [0.15, 0.2) is 0 Å². The summed E-state index contributed by atoms with van der Waals surface area (Å²) >= 11 is 5.96. The first-order valence-corrected chi connectivity index (χ1v) is 8.68. The zero-order chi connectivity index (χ0) is 14.5. The summed E-state index contributed by atoms with van der Waals surface area (Å²) in [5.41, 5.74) is 0.000152. The Morgan fingerprint density at radius 2 is 1.60 bits per heavy atom. The van der Waals surface area contributed by atoms with Gasteiger partial charge in [-0.15, -0.1) is 11.6 Å². The van der Waals surface area contributed by atoms with E-state index in [1.165, 1.54) is 38.5 Å². The average molecular weight is 298 g/mol. The molecule has 4 saturated carbocycles. The summed E-state index contributed by atoms with van der Waals surface area (Å²) in [6.07, 6.45) is 8.46. The van der Waals surface area contributed by atoms with E-state index in [0.717, 1.165) is 24.3 Å². The Kier molecular flexibility index (Phi) is 3.60. The van der Waals surface area contributed by atoms with Crippen LogP contribution in [0.5, 0.6) is 0 Å². The van der Waals surface area contributed by atoms with E-state index in [-0.39, 0.29) is 5.91 Å². The maximum absolute atomic E-state index is 12.6. The van der Waals surface area contributed by atoms with E-state index in [9.17, 15) is 4.79 Å². The van der Waals surface area contributed by atoms with Crippen molar-refractivity contribution in [3.05, 3.63) is 0 Å². The fraction of sp³-hybridized carbons (Fsp3) is 0.941. The first-order chi connectivity index (χ1) is 9.33. The first-order valence-electron chi connectivity index (χ1n) is 8.15. The van der Waals surface area contributed by atoms with Gasteiger partial charge in [0.25, 0.3) is 0 Å². The van der Waals surface area contributed by atoms with Crippen LogP contribution >= 0.6 is 11.6 Å². The van der Waals surface area contributed by atoms with E-state index < -0.39 is 5.41 Å². The predicted molar refractivity (Wildman–Crippen MR) is 82.7 cm³/mol. The summed E-state index contributed by atoms with van der Waals surface area (Å²) in [7, 11) is 1.98. The number of alkyl halides is 1. The van der Waals surface area contributed by atoms with Gasteiger partial charge in [0.1, 0.15) is 0 Å². The number of carbonyl (C=O) groups excluding carboxylic acids is 1. The highest BCUT2D eigenvalue weighted by Gasteiger charge is 2.51. The quantitative estimate of drug-likeness (QED) is 0.720. The van der Waals surface area contributed by atoms with Crippen molar-refractivity contribution in [2.45, 2.75) is 52.4 Å². The van der Waals surface area contributed by atoms with Crippen LogP contribution < -0.4 is 0 Å². The van der Waals surface area contributed by atoms with Crippen LogP contribution in [0.25, 0.3) is 0 Å². The zero-order valence-electron chi connectivity index (χ0n) is 13.1. The van der Waals surface area contributed by atoms with Crippen molar-refractivity contribution in [2.75, 3.05) is 19.5 Å². The third kappa shape index (κ3) is 2.49. The number of rotatable bonds is 4. The van der Waals surface area contributed by atoms with Crippen LogP contribution in [-0.2, 0) is 4.79 Å². The van der Waals surface area contributed by atoms with E-state index in [4.69, 9.17) is 11.6 Å². The minimum absolute atomic E-state index is 0.211. The molecule has 0 N–H and O–H groups in total. The minimum Gasteiger partial charge on any atom is -0.345 e. The van der Waals surface area contributed by atoms with Crippen LogP contribution in [0.3, 0.4) is 0 Å². The molecule has 4 aliphatic carbocycles. The lowest BCUT2D eigenvalue weighted by molar-refractivity contribution is -0.143. The summed E-state index contributed by atoms with van der Waals surface area (Å²) in [6.45, 7) is 4.87. The second-order valence-electron chi connectivity index (χ2n) is 8.60. The Morgan fingerprint density at radius 3 is 2.00 bits per heavy atom. The standard InChI is InChI=1S/C17H28ClNO/c1-16(2,10-18)15(20)19(3)11-17-7-12-4-13(8-17)6-14(5-12)9-17/h12-14H,4-11H2,1-3H3. The second-order valence-corrected chi connectivity index (χ2v) is 8.86. The molecule has 0 aromatic rings. The van der Waals surface area contributed by atoms with Gasteiger partial charge in [-0.25, -0.2) is 0 Å². The van der Waals surface area contributed by atoms with E-state index in [1.54, 1.807) is 0 Å². The van der Waals surface area contributed by atoms with Gasteiger partial charge in [0.2, 0.25) is 5.91 Å². The summed E-state index contributed by atoms with van der Waals surface area (Å²) in [5.74, 6) is 3.46. The van der Waals surface area contributed by atoms with Crippen molar-refractivity contribution in [1.29, 1.82) is 0 Å². The van der Waals surface area contributed by atoms with Gasteiger partial charge in [-0.05, 0) is 75.5 Å². The van der Waals surface area contributed by atoms with E-state index in [1.807, 2.05) is 25.8 Å². The fourth-order valence-corrected chi connectivity index (χ4v) is 5.75. The number of hydrogen-bond donors (Lipinski definition) is 0. The van der Waals surface area contributed by atoms with E-state index >= 15 is 0 Å². The second kappa shape index (κ2) is 4.90.